The normalized spacial score (nSPS) is 17.5. The summed E-state index contributed by atoms with van der Waals surface area (Å²) in [4.78, 5) is 26.5. The lowest BCUT2D eigenvalue weighted by Crippen LogP contribution is -2.28. The van der Waals surface area contributed by atoms with E-state index in [1.54, 1.807) is 6.07 Å². The van der Waals surface area contributed by atoms with Crippen LogP contribution in [0.1, 0.15) is 88.2 Å². The monoisotopic (exact) mass is 714 g/mol. The van der Waals surface area contributed by atoms with Crippen LogP contribution in [0.3, 0.4) is 0 Å². The minimum absolute atomic E-state index is 0.00818. The molecule has 2 heterocycles. The summed E-state index contributed by atoms with van der Waals surface area (Å²) in [5, 5.41) is 2.81. The number of allylic oxidation sites excluding steroid dienone is 4. The molecule has 2 aliphatic heterocycles. The van der Waals surface area contributed by atoms with Gasteiger partial charge in [-0.2, -0.15) is 21.4 Å². The van der Waals surface area contributed by atoms with Gasteiger partial charge in [0, 0.05) is 66.0 Å². The Labute approximate surface area is 290 Å². The number of nitrogens with one attached hydrogen (secondary N) is 1. The third-order valence-corrected chi connectivity index (χ3v) is 10.9. The van der Waals surface area contributed by atoms with E-state index in [1.807, 2.05) is 36.4 Å². The van der Waals surface area contributed by atoms with Crippen LogP contribution in [-0.4, -0.2) is 79.1 Å². The van der Waals surface area contributed by atoms with Crippen LogP contribution >= 0.6 is 0 Å². The zero-order chi connectivity index (χ0) is 36.2. The largest absolute Gasteiger partial charge is 0.352 e. The average molecular weight is 715 g/mol. The van der Waals surface area contributed by atoms with Crippen molar-refractivity contribution in [2.24, 2.45) is 0 Å². The molecule has 0 aromatic heterocycles. The quantitative estimate of drug-likeness (QED) is 0.118. The maximum Gasteiger partial charge on any atom is 0.264 e. The number of hydrogen-bond donors (Lipinski definition) is 3. The number of nitrogens with zero attached hydrogens (tertiary/aromatic N) is 2. The highest BCUT2D eigenvalue weighted by Gasteiger charge is 2.44. The number of amides is 1. The maximum atomic E-state index is 13.0. The van der Waals surface area contributed by atoms with Gasteiger partial charge < -0.3 is 10.2 Å². The van der Waals surface area contributed by atoms with Crippen LogP contribution in [0.2, 0.25) is 0 Å². The third-order valence-electron chi connectivity index (χ3n) is 9.29. The molecule has 1 amide bonds. The summed E-state index contributed by atoms with van der Waals surface area (Å²) in [5.41, 5.74) is 5.62. The van der Waals surface area contributed by atoms with E-state index in [-0.39, 0.29) is 48.0 Å². The third kappa shape index (κ3) is 9.33. The molecule has 2 aromatic rings. The Morgan fingerprint density at radius 3 is 2.18 bits per heavy atom. The molecule has 2 aromatic carbocycles. The second-order valence-corrected chi connectivity index (χ2v) is 16.9. The van der Waals surface area contributed by atoms with Crippen molar-refractivity contribution in [2.45, 2.75) is 77.6 Å². The Kier molecular flexibility index (Phi) is 11.7. The number of para-hydroxylation sites is 1. The van der Waals surface area contributed by atoms with Gasteiger partial charge in [-0.1, -0.05) is 38.1 Å². The van der Waals surface area contributed by atoms with Gasteiger partial charge in [0.25, 0.3) is 26.1 Å². The molecular weight excluding hydrogens is 667 g/mol. The van der Waals surface area contributed by atoms with Crippen molar-refractivity contribution < 1.29 is 40.1 Å². The number of Topliss-reactive ketones (excluding diaryl/α,β-unsaturated/α-hetero) is 1. The first-order valence-corrected chi connectivity index (χ1v) is 19.8. The maximum absolute atomic E-state index is 13.0. The molecule has 266 valence electrons. The summed E-state index contributed by atoms with van der Waals surface area (Å²) >= 11 is 0. The van der Waals surface area contributed by atoms with Gasteiger partial charge in [-0.25, -0.2) is 0 Å². The van der Waals surface area contributed by atoms with E-state index >= 15 is 0 Å². The lowest BCUT2D eigenvalue weighted by molar-refractivity contribution is -0.438. The molecule has 0 spiro atoms. The molecule has 0 fully saturated rings. The van der Waals surface area contributed by atoms with Crippen molar-refractivity contribution in [3.8, 4) is 0 Å². The van der Waals surface area contributed by atoms with E-state index in [1.165, 1.54) is 6.92 Å². The van der Waals surface area contributed by atoms with Gasteiger partial charge >= 0.3 is 0 Å². The van der Waals surface area contributed by atoms with Crippen LogP contribution < -0.4 is 10.2 Å². The minimum atomic E-state index is -4.08. The number of ketones is 1. The summed E-state index contributed by atoms with van der Waals surface area (Å²) in [7, 11) is -8.12. The molecule has 0 aliphatic carbocycles. The van der Waals surface area contributed by atoms with Gasteiger partial charge in [0.1, 0.15) is 12.3 Å². The molecule has 49 heavy (non-hydrogen) atoms. The fourth-order valence-electron chi connectivity index (χ4n) is 6.73. The lowest BCUT2D eigenvalue weighted by atomic mass is 9.81. The molecule has 11 nitrogen and oxygen atoms in total. The van der Waals surface area contributed by atoms with E-state index in [0.29, 0.717) is 37.9 Å². The van der Waals surface area contributed by atoms with Crippen LogP contribution in [0.15, 0.2) is 66.4 Å². The Morgan fingerprint density at radius 2 is 1.53 bits per heavy atom. The number of fused-ring (bicyclic) bond motifs is 2. The number of rotatable bonds is 16. The number of carbonyl (C=O) groups is 2. The first kappa shape index (κ1) is 38.2. The molecule has 0 saturated heterocycles. The molecule has 0 unspecified atom stereocenters. The van der Waals surface area contributed by atoms with Gasteiger partial charge in [0.15, 0.2) is 5.71 Å². The van der Waals surface area contributed by atoms with Crippen molar-refractivity contribution in [1.82, 2.24) is 5.32 Å². The first-order chi connectivity index (χ1) is 22.8. The van der Waals surface area contributed by atoms with E-state index in [0.717, 1.165) is 33.9 Å². The van der Waals surface area contributed by atoms with Crippen molar-refractivity contribution >= 4 is 49.0 Å². The number of anilines is 1. The molecule has 0 atom stereocenters. The van der Waals surface area contributed by atoms with Gasteiger partial charge in [-0.05, 0) is 69.9 Å². The Hall–Kier alpha value is -3.65. The van der Waals surface area contributed by atoms with Crippen molar-refractivity contribution in [3.05, 3.63) is 83.1 Å². The summed E-state index contributed by atoms with van der Waals surface area (Å²) in [5.74, 6) is -0.900. The van der Waals surface area contributed by atoms with E-state index in [9.17, 15) is 35.5 Å². The predicted molar refractivity (Wildman–Crippen MR) is 192 cm³/mol. The fourth-order valence-corrected chi connectivity index (χ4v) is 7.87. The number of carbonyl (C=O) groups excluding carboxylic acids is 2. The van der Waals surface area contributed by atoms with Gasteiger partial charge in [-0.3, -0.25) is 18.7 Å². The van der Waals surface area contributed by atoms with Crippen molar-refractivity contribution in [3.63, 3.8) is 0 Å². The van der Waals surface area contributed by atoms with Crippen LogP contribution in [0.25, 0.3) is 0 Å². The zero-order valence-corrected chi connectivity index (χ0v) is 30.5. The minimum Gasteiger partial charge on any atom is -0.352 e. The van der Waals surface area contributed by atoms with Crippen LogP contribution in [0.5, 0.6) is 0 Å². The molecule has 3 N–H and O–H groups in total. The number of hydrogen-bond acceptors (Lipinski definition) is 7. The zero-order valence-electron chi connectivity index (χ0n) is 28.9. The highest BCUT2D eigenvalue weighted by atomic mass is 32.2. The Bertz CT molecular complexity index is 1910. The second-order valence-electron chi connectivity index (χ2n) is 13.8. The summed E-state index contributed by atoms with van der Waals surface area (Å²) < 4.78 is 66.1. The first-order valence-electron chi connectivity index (χ1n) is 16.6. The molecule has 0 radical (unpaired) electrons. The predicted octanol–water partition coefficient (Wildman–Crippen LogP) is 5.35. The molecular formula is C36H48N3O8S2+. The standard InChI is InChI=1S/C36H47N3O8S2/c1-26(40)19-20-37-34(41)27-17-18-31-29(25-27)36(4,5)33(39(31)22-9-11-24-49(45,46)47)16-12-15-32-35(2,3)28-13-6-7-14-30(28)38(32)21-8-10-23-48(42,43)44/h6-7,12-18,25H,8-11,19-24H2,1-5H3,(H2-,37,41,42,43,44,45,46,47)/p+1. The van der Waals surface area contributed by atoms with Crippen molar-refractivity contribution in [1.29, 1.82) is 0 Å². The average Bonchev–Trinajstić information content (AvgIpc) is 3.34. The van der Waals surface area contributed by atoms with Crippen LogP contribution in [-0.2, 0) is 35.9 Å². The Morgan fingerprint density at radius 1 is 0.878 bits per heavy atom. The summed E-state index contributed by atoms with van der Waals surface area (Å²) in [6.45, 7) is 11.2. The molecule has 0 saturated carbocycles. The van der Waals surface area contributed by atoms with Gasteiger partial charge in [-0.15, -0.1) is 0 Å². The van der Waals surface area contributed by atoms with Crippen LogP contribution in [0.4, 0.5) is 11.4 Å². The molecule has 13 heteroatoms. The number of benzene rings is 2. The number of unbranched alkanes of at least 4 members (excludes halogenated alkanes) is 2. The van der Waals surface area contributed by atoms with Crippen LogP contribution in [0, 0.1) is 0 Å². The highest BCUT2D eigenvalue weighted by Crippen LogP contribution is 2.48. The van der Waals surface area contributed by atoms with Crippen molar-refractivity contribution in [2.75, 3.05) is 36.0 Å². The molecule has 4 rings (SSSR count). The van der Waals surface area contributed by atoms with E-state index in [4.69, 9.17) is 0 Å². The fraction of sp³-hybridized carbons (Fsp3) is 0.472. The van der Waals surface area contributed by atoms with E-state index in [2.05, 4.69) is 60.7 Å². The molecule has 0 bridgehead atoms. The summed E-state index contributed by atoms with van der Waals surface area (Å²) in [6, 6.07) is 13.6. The molecule has 2 aliphatic rings. The van der Waals surface area contributed by atoms with Gasteiger partial charge in [0.05, 0.1) is 16.9 Å². The Balaban J connectivity index is 1.69. The summed E-state index contributed by atoms with van der Waals surface area (Å²) in [6.07, 6.45) is 8.03. The lowest BCUT2D eigenvalue weighted by Gasteiger charge is -2.27. The highest BCUT2D eigenvalue weighted by molar-refractivity contribution is 7.86. The second kappa shape index (κ2) is 15.1. The SMILES string of the molecule is CC(=O)CCNC(=O)c1ccc2c(c1)C(C)(C)/C(=C\C=C\C1=[N+](CCCCS(=O)(=O)O)c3ccccc3C1(C)C)N2CCCCS(=O)(=O)O. The van der Waals surface area contributed by atoms with Gasteiger partial charge in [0.2, 0.25) is 5.69 Å². The smallest absolute Gasteiger partial charge is 0.264 e. The van der Waals surface area contributed by atoms with E-state index < -0.39 is 25.7 Å². The topological polar surface area (TPSA) is 161 Å².